The molecule has 1 fully saturated rings. The van der Waals surface area contributed by atoms with E-state index in [1.54, 1.807) is 24.0 Å². The van der Waals surface area contributed by atoms with E-state index in [2.05, 4.69) is 0 Å². The van der Waals surface area contributed by atoms with Crippen LogP contribution in [0.2, 0.25) is 5.02 Å². The van der Waals surface area contributed by atoms with Gasteiger partial charge < -0.3 is 20.2 Å². The third kappa shape index (κ3) is 3.27. The van der Waals surface area contributed by atoms with Gasteiger partial charge in [0.25, 0.3) is 5.91 Å². The van der Waals surface area contributed by atoms with E-state index >= 15 is 0 Å². The number of benzene rings is 1. The number of amides is 1. The molecule has 2 aromatic rings. The molecule has 1 aromatic carbocycles. The Balaban J connectivity index is 1.89. The maximum absolute atomic E-state index is 12.7. The lowest BCUT2D eigenvalue weighted by Gasteiger charge is -2.33. The molecular weight excluding hydrogens is 316 g/mol. The number of carbonyl (C=O) groups excluding carboxylic acids is 1. The monoisotopic (exact) mass is 334 g/mol. The van der Waals surface area contributed by atoms with Gasteiger partial charge in [-0.2, -0.15) is 0 Å². The average Bonchev–Trinajstić information content (AvgIpc) is 2.87. The highest BCUT2D eigenvalue weighted by Gasteiger charge is 2.29. The van der Waals surface area contributed by atoms with Crippen molar-refractivity contribution in [3.8, 4) is 11.3 Å². The van der Waals surface area contributed by atoms with Crippen LogP contribution in [0.5, 0.6) is 0 Å². The number of furan rings is 1. The Labute approximate surface area is 139 Å². The van der Waals surface area contributed by atoms with E-state index in [-0.39, 0.29) is 11.9 Å². The first kappa shape index (κ1) is 16.1. The summed E-state index contributed by atoms with van der Waals surface area (Å²) < 4.78 is 5.72. The second-order valence-electron chi connectivity index (χ2n) is 5.92. The minimum atomic E-state index is -0.585. The van der Waals surface area contributed by atoms with Crippen molar-refractivity contribution >= 4 is 17.5 Å². The molecule has 0 spiro atoms. The molecule has 0 unspecified atom stereocenters. The van der Waals surface area contributed by atoms with E-state index in [0.717, 1.165) is 5.56 Å². The Kier molecular flexibility index (Phi) is 4.43. The van der Waals surface area contributed by atoms with Crippen LogP contribution in [0.25, 0.3) is 11.3 Å². The van der Waals surface area contributed by atoms with Crippen LogP contribution < -0.4 is 5.73 Å². The minimum absolute atomic E-state index is 0.182. The molecule has 23 heavy (non-hydrogen) atoms. The standard InChI is InChI=1S/C17H19ClN2O3/c1-10-14(17(22)20-8-11(19)6-12(21)9-20)7-16(23-10)13-4-2-3-5-15(13)18/h2-5,7,11-12,21H,6,8-9,19H2,1H3/t11-,12+/m0/s1. The number of nitrogens with zero attached hydrogens (tertiary/aromatic N) is 1. The third-order valence-electron chi connectivity index (χ3n) is 4.04. The van der Waals surface area contributed by atoms with Gasteiger partial charge in [0.2, 0.25) is 0 Å². The number of β-amino-alcohol motifs (C(OH)–C–C–N with tert-alkyl or cyclic N) is 1. The maximum Gasteiger partial charge on any atom is 0.257 e. The second-order valence-corrected chi connectivity index (χ2v) is 6.33. The molecule has 6 heteroatoms. The van der Waals surface area contributed by atoms with Crippen LogP contribution in [-0.2, 0) is 0 Å². The van der Waals surface area contributed by atoms with E-state index < -0.39 is 6.10 Å². The van der Waals surface area contributed by atoms with Gasteiger partial charge in [-0.3, -0.25) is 4.79 Å². The number of piperidine rings is 1. The highest BCUT2D eigenvalue weighted by molar-refractivity contribution is 6.33. The van der Waals surface area contributed by atoms with Crippen molar-refractivity contribution < 1.29 is 14.3 Å². The van der Waals surface area contributed by atoms with Crippen LogP contribution >= 0.6 is 11.6 Å². The highest BCUT2D eigenvalue weighted by Crippen LogP contribution is 2.31. The van der Waals surface area contributed by atoms with Crippen molar-refractivity contribution in [2.45, 2.75) is 25.5 Å². The number of hydrogen-bond acceptors (Lipinski definition) is 4. The van der Waals surface area contributed by atoms with Crippen molar-refractivity contribution in [1.29, 1.82) is 0 Å². The molecular formula is C17H19ClN2O3. The van der Waals surface area contributed by atoms with Gasteiger partial charge in [-0.25, -0.2) is 0 Å². The molecule has 0 bridgehead atoms. The molecule has 3 N–H and O–H groups in total. The predicted octanol–water partition coefficient (Wildman–Crippen LogP) is 2.44. The highest BCUT2D eigenvalue weighted by atomic mass is 35.5. The number of carbonyl (C=O) groups is 1. The molecule has 5 nitrogen and oxygen atoms in total. The fraction of sp³-hybridized carbons (Fsp3) is 0.353. The van der Waals surface area contributed by atoms with Crippen molar-refractivity contribution in [3.05, 3.63) is 46.7 Å². The molecule has 1 aliphatic rings. The summed E-state index contributed by atoms with van der Waals surface area (Å²) in [5.41, 5.74) is 7.11. The normalized spacial score (nSPS) is 21.5. The van der Waals surface area contributed by atoms with Gasteiger partial charge in [-0.05, 0) is 31.5 Å². The number of aryl methyl sites for hydroxylation is 1. The molecule has 3 rings (SSSR count). The molecule has 2 atom stereocenters. The predicted molar refractivity (Wildman–Crippen MR) is 88.4 cm³/mol. The summed E-state index contributed by atoms with van der Waals surface area (Å²) in [6.45, 7) is 2.47. The van der Waals surface area contributed by atoms with Crippen molar-refractivity contribution in [1.82, 2.24) is 4.90 Å². The van der Waals surface area contributed by atoms with E-state index in [0.29, 0.717) is 41.6 Å². The first-order valence-corrected chi connectivity index (χ1v) is 7.91. The summed E-state index contributed by atoms with van der Waals surface area (Å²) in [4.78, 5) is 14.3. The molecule has 2 heterocycles. The number of likely N-dealkylation sites (tertiary alicyclic amines) is 1. The van der Waals surface area contributed by atoms with E-state index in [1.807, 2.05) is 18.2 Å². The first-order valence-electron chi connectivity index (χ1n) is 7.54. The van der Waals surface area contributed by atoms with Crippen LogP contribution in [0.3, 0.4) is 0 Å². The Hall–Kier alpha value is -1.82. The topological polar surface area (TPSA) is 79.7 Å². The molecule has 0 aliphatic carbocycles. The van der Waals surface area contributed by atoms with Crippen molar-refractivity contribution in [2.75, 3.05) is 13.1 Å². The molecule has 1 aromatic heterocycles. The average molecular weight is 335 g/mol. The summed E-state index contributed by atoms with van der Waals surface area (Å²) in [5, 5.41) is 10.4. The molecule has 0 saturated carbocycles. The van der Waals surface area contributed by atoms with Gasteiger partial charge in [0.1, 0.15) is 11.5 Å². The number of nitrogens with two attached hydrogens (primary N) is 1. The lowest BCUT2D eigenvalue weighted by molar-refractivity contribution is 0.0422. The van der Waals surface area contributed by atoms with Gasteiger partial charge in [0.15, 0.2) is 0 Å². The van der Waals surface area contributed by atoms with Gasteiger partial charge in [-0.15, -0.1) is 0 Å². The summed E-state index contributed by atoms with van der Waals surface area (Å²) in [7, 11) is 0. The smallest absolute Gasteiger partial charge is 0.257 e. The summed E-state index contributed by atoms with van der Waals surface area (Å²) in [6.07, 6.45) is -0.0723. The van der Waals surface area contributed by atoms with Gasteiger partial charge >= 0.3 is 0 Å². The van der Waals surface area contributed by atoms with E-state index in [1.165, 1.54) is 0 Å². The van der Waals surface area contributed by atoms with Crippen LogP contribution in [0.1, 0.15) is 22.5 Å². The number of hydrogen-bond donors (Lipinski definition) is 2. The summed E-state index contributed by atoms with van der Waals surface area (Å²) in [6, 6.07) is 8.81. The first-order chi connectivity index (χ1) is 11.0. The van der Waals surface area contributed by atoms with Crippen LogP contribution in [0, 0.1) is 6.92 Å². The molecule has 1 amide bonds. The lowest BCUT2D eigenvalue weighted by atomic mass is 10.0. The minimum Gasteiger partial charge on any atom is -0.460 e. The van der Waals surface area contributed by atoms with Crippen LogP contribution in [0.15, 0.2) is 34.7 Å². The maximum atomic E-state index is 12.7. The fourth-order valence-corrected chi connectivity index (χ4v) is 3.16. The zero-order chi connectivity index (χ0) is 16.6. The van der Waals surface area contributed by atoms with E-state index in [4.69, 9.17) is 21.8 Å². The van der Waals surface area contributed by atoms with Crippen molar-refractivity contribution in [3.63, 3.8) is 0 Å². The Bertz CT molecular complexity index is 718. The zero-order valence-corrected chi connectivity index (χ0v) is 13.6. The largest absolute Gasteiger partial charge is 0.460 e. The molecule has 122 valence electrons. The zero-order valence-electron chi connectivity index (χ0n) is 12.8. The van der Waals surface area contributed by atoms with Gasteiger partial charge in [-0.1, -0.05) is 23.7 Å². The van der Waals surface area contributed by atoms with E-state index in [9.17, 15) is 9.90 Å². The van der Waals surface area contributed by atoms with Crippen LogP contribution in [-0.4, -0.2) is 41.1 Å². The number of halogens is 1. The van der Waals surface area contributed by atoms with Crippen LogP contribution in [0.4, 0.5) is 0 Å². The number of rotatable bonds is 2. The molecule has 0 radical (unpaired) electrons. The fourth-order valence-electron chi connectivity index (χ4n) is 2.93. The summed E-state index contributed by atoms with van der Waals surface area (Å²) >= 11 is 6.18. The number of aliphatic hydroxyl groups is 1. The van der Waals surface area contributed by atoms with Gasteiger partial charge in [0.05, 0.1) is 16.7 Å². The van der Waals surface area contributed by atoms with Gasteiger partial charge in [0, 0.05) is 24.7 Å². The quantitative estimate of drug-likeness (QED) is 0.884. The third-order valence-corrected chi connectivity index (χ3v) is 4.37. The Morgan fingerprint density at radius 1 is 1.39 bits per heavy atom. The van der Waals surface area contributed by atoms with Crippen molar-refractivity contribution in [2.24, 2.45) is 5.73 Å². The molecule has 1 aliphatic heterocycles. The Morgan fingerprint density at radius 2 is 2.13 bits per heavy atom. The second kappa shape index (κ2) is 6.35. The lowest BCUT2D eigenvalue weighted by Crippen LogP contribution is -2.51. The number of aliphatic hydroxyl groups excluding tert-OH is 1. The Morgan fingerprint density at radius 3 is 2.83 bits per heavy atom. The SMILES string of the molecule is Cc1oc(-c2ccccc2Cl)cc1C(=O)N1C[C@@H](N)C[C@@H](O)C1. The summed E-state index contributed by atoms with van der Waals surface area (Å²) in [5.74, 6) is 0.899. The molecule has 1 saturated heterocycles.